The quantitative estimate of drug-likeness (QED) is 0.0859. The van der Waals surface area contributed by atoms with E-state index in [2.05, 4.69) is 21.0 Å². The molecule has 1 aromatic rings. The van der Waals surface area contributed by atoms with E-state index in [1.165, 1.54) is 62.7 Å². The lowest BCUT2D eigenvalue weighted by atomic mass is 9.94. The fraction of sp³-hybridized carbons (Fsp3) is 0.781. The predicted molar refractivity (Wildman–Crippen MR) is 164 cm³/mol. The molecule has 40 heavy (non-hydrogen) atoms. The van der Waals surface area contributed by atoms with Crippen LogP contribution in [0, 0.1) is 5.92 Å². The van der Waals surface area contributed by atoms with Gasteiger partial charge in [-0.25, -0.2) is 4.57 Å². The summed E-state index contributed by atoms with van der Waals surface area (Å²) in [7, 11) is -0.0106. The van der Waals surface area contributed by atoms with Crippen LogP contribution >= 0.6 is 7.82 Å². The number of benzene rings is 1. The molecule has 0 spiro atoms. The molecule has 0 amide bonds. The smallest absolute Gasteiger partial charge is 0.472 e. The Morgan fingerprint density at radius 2 is 1.43 bits per heavy atom. The Morgan fingerprint density at radius 1 is 0.825 bits per heavy atom. The van der Waals surface area contributed by atoms with Gasteiger partial charge in [-0.2, -0.15) is 0 Å². The van der Waals surface area contributed by atoms with E-state index in [1.807, 2.05) is 31.2 Å². The zero-order chi connectivity index (χ0) is 29.5. The maximum atomic E-state index is 12.4. The van der Waals surface area contributed by atoms with E-state index in [-0.39, 0.29) is 24.9 Å². The molecule has 0 heterocycles. The monoisotopic (exact) mass is 584 g/mol. The molecule has 7 nitrogen and oxygen atoms in total. The topological polar surface area (TPSA) is 86.5 Å². The molecule has 0 bridgehead atoms. The van der Waals surface area contributed by atoms with E-state index < -0.39 is 7.82 Å². The van der Waals surface area contributed by atoms with Crippen LogP contribution < -0.4 is 9.64 Å². The number of phosphoric acid groups is 1. The number of nitrogens with one attached hydrogen (secondary N) is 1. The SMILES string of the molecule is CCCCCCCCCCCCOc1ccc(CC(COP(=O)(O)OCCCC[NH+](C)C)CC(=O)CCC)cc1. The fourth-order valence-corrected chi connectivity index (χ4v) is 5.56. The van der Waals surface area contributed by atoms with E-state index in [0.717, 1.165) is 43.7 Å². The highest BCUT2D eigenvalue weighted by molar-refractivity contribution is 7.47. The van der Waals surface area contributed by atoms with Crippen LogP contribution in [0.3, 0.4) is 0 Å². The second kappa shape index (κ2) is 23.3. The third kappa shape index (κ3) is 20.6. The van der Waals surface area contributed by atoms with Gasteiger partial charge < -0.3 is 14.5 Å². The third-order valence-electron chi connectivity index (χ3n) is 7.06. The summed E-state index contributed by atoms with van der Waals surface area (Å²) in [6, 6.07) is 7.94. The van der Waals surface area contributed by atoms with Crippen LogP contribution in [0.5, 0.6) is 5.75 Å². The van der Waals surface area contributed by atoms with Crippen molar-refractivity contribution in [2.24, 2.45) is 5.92 Å². The lowest BCUT2D eigenvalue weighted by molar-refractivity contribution is -0.858. The Kier molecular flexibility index (Phi) is 21.5. The van der Waals surface area contributed by atoms with Crippen molar-refractivity contribution >= 4 is 13.6 Å². The normalized spacial score (nSPS) is 13.8. The van der Waals surface area contributed by atoms with E-state index in [0.29, 0.717) is 25.7 Å². The van der Waals surface area contributed by atoms with Gasteiger partial charge >= 0.3 is 7.82 Å². The number of unbranched alkanes of at least 4 members (excludes halogenated alkanes) is 10. The lowest BCUT2D eigenvalue weighted by Gasteiger charge is -2.19. The molecule has 2 unspecified atom stereocenters. The summed E-state index contributed by atoms with van der Waals surface area (Å²) in [6.07, 6.45) is 16.8. The number of rotatable bonds is 27. The van der Waals surface area contributed by atoms with E-state index in [4.69, 9.17) is 13.8 Å². The van der Waals surface area contributed by atoms with Crippen molar-refractivity contribution in [3.8, 4) is 5.75 Å². The molecule has 0 saturated heterocycles. The molecule has 0 aromatic heterocycles. The summed E-state index contributed by atoms with van der Waals surface area (Å²) in [4.78, 5) is 23.8. The van der Waals surface area contributed by atoms with Gasteiger partial charge in [0.05, 0.1) is 40.5 Å². The van der Waals surface area contributed by atoms with Crippen molar-refractivity contribution in [1.29, 1.82) is 0 Å². The van der Waals surface area contributed by atoms with Crippen molar-refractivity contribution in [1.82, 2.24) is 0 Å². The van der Waals surface area contributed by atoms with Gasteiger partial charge in [-0.1, -0.05) is 83.8 Å². The largest absolute Gasteiger partial charge is 0.494 e. The Morgan fingerprint density at radius 3 is 2.02 bits per heavy atom. The van der Waals surface area contributed by atoms with Crippen LogP contribution in [-0.4, -0.2) is 51.1 Å². The van der Waals surface area contributed by atoms with Crippen LogP contribution in [-0.2, 0) is 24.8 Å². The zero-order valence-electron chi connectivity index (χ0n) is 26.0. The summed E-state index contributed by atoms with van der Waals surface area (Å²) in [5, 5.41) is 0. The van der Waals surface area contributed by atoms with Gasteiger partial charge in [-0.05, 0) is 55.7 Å². The van der Waals surface area contributed by atoms with Gasteiger partial charge in [0.2, 0.25) is 0 Å². The highest BCUT2D eigenvalue weighted by Gasteiger charge is 2.24. The van der Waals surface area contributed by atoms with E-state index in [1.54, 1.807) is 0 Å². The van der Waals surface area contributed by atoms with E-state index >= 15 is 0 Å². The molecule has 2 atom stereocenters. The molecule has 0 saturated carbocycles. The van der Waals surface area contributed by atoms with E-state index in [9.17, 15) is 14.3 Å². The summed E-state index contributed by atoms with van der Waals surface area (Å²) in [5.74, 6) is 0.796. The highest BCUT2D eigenvalue weighted by Crippen LogP contribution is 2.44. The van der Waals surface area contributed by atoms with Crippen LogP contribution in [0.25, 0.3) is 0 Å². The van der Waals surface area contributed by atoms with Gasteiger partial charge in [0.15, 0.2) is 0 Å². The molecule has 1 rings (SSSR count). The number of hydrogen-bond acceptors (Lipinski definition) is 5. The molecule has 0 aliphatic rings. The number of phosphoric ester groups is 1. The van der Waals surface area contributed by atoms with Gasteiger partial charge in [0.1, 0.15) is 11.5 Å². The summed E-state index contributed by atoms with van der Waals surface area (Å²) >= 11 is 0. The summed E-state index contributed by atoms with van der Waals surface area (Å²) in [5.41, 5.74) is 1.05. The molecule has 0 fully saturated rings. The molecular formula is C32H59NO6P+. The Balaban J connectivity index is 2.41. The maximum Gasteiger partial charge on any atom is 0.472 e. The molecule has 2 N–H and O–H groups in total. The molecule has 232 valence electrons. The first-order chi connectivity index (χ1) is 19.3. The Bertz CT molecular complexity index is 801. The number of carbonyl (C=O) groups excluding carboxylic acids is 1. The number of quaternary nitrogens is 1. The average Bonchev–Trinajstić information content (AvgIpc) is 2.91. The highest BCUT2D eigenvalue weighted by atomic mass is 31.2. The Hall–Kier alpha value is -1.24. The van der Waals surface area contributed by atoms with Crippen LogP contribution in [0.15, 0.2) is 24.3 Å². The molecule has 0 aliphatic carbocycles. The lowest BCUT2D eigenvalue weighted by Crippen LogP contribution is -3.05. The zero-order valence-corrected chi connectivity index (χ0v) is 26.9. The first-order valence-corrected chi connectivity index (χ1v) is 17.4. The third-order valence-corrected chi connectivity index (χ3v) is 8.04. The molecular weight excluding hydrogens is 525 g/mol. The first-order valence-electron chi connectivity index (χ1n) is 15.9. The number of carbonyl (C=O) groups is 1. The Labute approximate surface area is 245 Å². The number of hydrogen-bond donors (Lipinski definition) is 2. The van der Waals surface area contributed by atoms with Gasteiger partial charge in [0, 0.05) is 12.8 Å². The second-order valence-corrected chi connectivity index (χ2v) is 13.0. The van der Waals surface area contributed by atoms with Crippen molar-refractivity contribution in [3.05, 3.63) is 29.8 Å². The molecule has 1 aromatic carbocycles. The first kappa shape index (κ1) is 36.8. The van der Waals surface area contributed by atoms with Crippen molar-refractivity contribution in [2.75, 3.05) is 40.5 Å². The summed E-state index contributed by atoms with van der Waals surface area (Å²) in [6.45, 7) is 6.12. The molecule has 0 aliphatic heterocycles. The predicted octanol–water partition coefficient (Wildman–Crippen LogP) is 6.96. The van der Waals surface area contributed by atoms with Gasteiger partial charge in [0.25, 0.3) is 0 Å². The van der Waals surface area contributed by atoms with Crippen LogP contribution in [0.1, 0.15) is 116 Å². The standard InChI is InChI=1S/C32H58NO6P/c1-5-7-8-9-10-11-12-13-14-16-24-37-32-21-19-29(20-22-32)26-30(27-31(34)18-6-2)28-39-40(35,36)38-25-17-15-23-33(3)4/h19-22,30H,5-18,23-28H2,1-4H3,(H,35,36)/p+1. The number of Topliss-reactive ketones (excluding diaryl/α,β-unsaturated/α-hetero) is 1. The van der Waals surface area contributed by atoms with Crippen LogP contribution in [0.2, 0.25) is 0 Å². The molecule has 0 radical (unpaired) electrons. The fourth-order valence-electron chi connectivity index (χ4n) is 4.72. The number of ether oxygens (including phenoxy) is 1. The van der Waals surface area contributed by atoms with Crippen molar-refractivity contribution < 1.29 is 32.9 Å². The summed E-state index contributed by atoms with van der Waals surface area (Å²) < 4.78 is 28.8. The minimum Gasteiger partial charge on any atom is -0.494 e. The van der Waals surface area contributed by atoms with Crippen molar-refractivity contribution in [2.45, 2.75) is 117 Å². The average molecular weight is 585 g/mol. The second-order valence-electron chi connectivity index (χ2n) is 11.5. The van der Waals surface area contributed by atoms with Gasteiger partial charge in [-0.3, -0.25) is 13.8 Å². The van der Waals surface area contributed by atoms with Crippen LogP contribution in [0.4, 0.5) is 0 Å². The number of ketones is 1. The minimum atomic E-state index is -4.15. The van der Waals surface area contributed by atoms with Gasteiger partial charge in [-0.15, -0.1) is 0 Å². The maximum absolute atomic E-state index is 12.4. The molecule has 8 heteroatoms. The minimum absolute atomic E-state index is 0.00205. The van der Waals surface area contributed by atoms with Crippen molar-refractivity contribution in [3.63, 3.8) is 0 Å².